The summed E-state index contributed by atoms with van der Waals surface area (Å²) >= 11 is 0. The summed E-state index contributed by atoms with van der Waals surface area (Å²) in [4.78, 5) is 27.6. The molecule has 1 aliphatic rings. The van der Waals surface area contributed by atoms with E-state index in [1.807, 2.05) is 37.3 Å². The first kappa shape index (κ1) is 22.0. The van der Waals surface area contributed by atoms with Gasteiger partial charge in [-0.3, -0.25) is 14.5 Å². The summed E-state index contributed by atoms with van der Waals surface area (Å²) in [5.41, 5.74) is 1.71. The molecular weight excluding hydrogens is 421 g/mol. The van der Waals surface area contributed by atoms with Gasteiger partial charge >= 0.3 is 0 Å². The first-order valence-corrected chi connectivity index (χ1v) is 10.5. The molecule has 0 spiro atoms. The lowest BCUT2D eigenvalue weighted by Crippen LogP contribution is -2.30. The third-order valence-corrected chi connectivity index (χ3v) is 5.31. The number of allylic oxidation sites excluding steroid dienone is 1. The highest BCUT2D eigenvalue weighted by molar-refractivity contribution is 6.19. The van der Waals surface area contributed by atoms with Crippen molar-refractivity contribution in [3.8, 4) is 5.75 Å². The van der Waals surface area contributed by atoms with Crippen molar-refractivity contribution in [2.24, 2.45) is 0 Å². The number of rotatable bonds is 7. The highest BCUT2D eigenvalue weighted by Crippen LogP contribution is 2.41. The molecule has 3 aromatic rings. The van der Waals surface area contributed by atoms with Gasteiger partial charge in [0.1, 0.15) is 11.6 Å². The van der Waals surface area contributed by atoms with E-state index in [2.05, 4.69) is 0 Å². The second kappa shape index (κ2) is 9.53. The molecule has 1 amide bonds. The van der Waals surface area contributed by atoms with Crippen LogP contribution >= 0.6 is 0 Å². The van der Waals surface area contributed by atoms with Gasteiger partial charge in [-0.1, -0.05) is 48.5 Å². The quantitative estimate of drug-likeness (QED) is 0.496. The number of amides is 1. The number of hydrogen-bond donors (Lipinski definition) is 1. The zero-order valence-corrected chi connectivity index (χ0v) is 17.9. The Morgan fingerprint density at radius 2 is 1.70 bits per heavy atom. The third-order valence-electron chi connectivity index (χ3n) is 5.31. The van der Waals surface area contributed by atoms with Crippen molar-refractivity contribution in [1.82, 2.24) is 0 Å². The zero-order valence-electron chi connectivity index (χ0n) is 17.9. The van der Waals surface area contributed by atoms with Gasteiger partial charge in [0.2, 0.25) is 0 Å². The molecule has 0 bridgehead atoms. The Hall–Kier alpha value is -4.19. The number of halogens is 1. The van der Waals surface area contributed by atoms with Crippen LogP contribution < -0.4 is 9.64 Å². The van der Waals surface area contributed by atoms with Crippen LogP contribution in [0.2, 0.25) is 0 Å². The van der Waals surface area contributed by atoms with Gasteiger partial charge in [-0.15, -0.1) is 0 Å². The van der Waals surface area contributed by atoms with E-state index in [-0.39, 0.29) is 5.57 Å². The number of benzene rings is 3. The van der Waals surface area contributed by atoms with E-state index < -0.39 is 29.3 Å². The Morgan fingerprint density at radius 1 is 1.03 bits per heavy atom. The summed E-state index contributed by atoms with van der Waals surface area (Å²) in [7, 11) is 0. The van der Waals surface area contributed by atoms with Gasteiger partial charge in [0.25, 0.3) is 5.91 Å². The van der Waals surface area contributed by atoms with E-state index >= 15 is 0 Å². The predicted molar refractivity (Wildman–Crippen MR) is 124 cm³/mol. The zero-order chi connectivity index (χ0) is 23.4. The fraction of sp³-hybridized carbons (Fsp3) is 0.111. The minimum atomic E-state index is -0.913. The molecule has 0 saturated heterocycles. The molecule has 166 valence electrons. The fourth-order valence-electron chi connectivity index (χ4n) is 3.78. The summed E-state index contributed by atoms with van der Waals surface area (Å²) < 4.78 is 19.1. The second-order valence-electron chi connectivity index (χ2n) is 7.43. The number of ketones is 1. The number of carbonyl (C=O) groups is 2. The maximum atomic E-state index is 13.6. The normalized spacial score (nSPS) is 16.0. The van der Waals surface area contributed by atoms with Gasteiger partial charge in [0.05, 0.1) is 18.2 Å². The van der Waals surface area contributed by atoms with Gasteiger partial charge < -0.3 is 9.84 Å². The van der Waals surface area contributed by atoms with E-state index in [0.717, 1.165) is 5.56 Å². The summed E-state index contributed by atoms with van der Waals surface area (Å²) in [6.07, 6.45) is 2.95. The molecule has 0 saturated carbocycles. The van der Waals surface area contributed by atoms with Crippen LogP contribution in [0.4, 0.5) is 10.1 Å². The molecule has 5 nitrogen and oxygen atoms in total. The Bertz CT molecular complexity index is 1220. The smallest absolute Gasteiger partial charge is 0.294 e. The predicted octanol–water partition coefficient (Wildman–Crippen LogP) is 5.41. The maximum Gasteiger partial charge on any atom is 0.294 e. The largest absolute Gasteiger partial charge is 0.503 e. The van der Waals surface area contributed by atoms with Crippen LogP contribution in [0, 0.1) is 5.82 Å². The summed E-state index contributed by atoms with van der Waals surface area (Å²) in [5, 5.41) is 10.7. The number of ether oxygens (including phenoxy) is 1. The number of aliphatic hydroxyl groups is 1. The lowest BCUT2D eigenvalue weighted by molar-refractivity contribution is -0.117. The molecule has 6 heteroatoms. The summed E-state index contributed by atoms with van der Waals surface area (Å²) in [6.45, 7) is 2.36. The molecule has 1 aliphatic heterocycles. The molecule has 0 radical (unpaired) electrons. The maximum absolute atomic E-state index is 13.6. The van der Waals surface area contributed by atoms with Crippen LogP contribution in [0.5, 0.6) is 5.75 Å². The SMILES string of the molecule is CCOc1ccc(N2C(=O)C(O)=C(C(=O)/C=C/c3ccccc3)[C@H]2c2ccc(F)cc2)cc1. The topological polar surface area (TPSA) is 66.8 Å². The van der Waals surface area contributed by atoms with Gasteiger partial charge in [-0.2, -0.15) is 0 Å². The molecule has 4 rings (SSSR count). The van der Waals surface area contributed by atoms with Crippen LogP contribution in [0.25, 0.3) is 6.08 Å². The molecule has 1 atom stereocenters. The summed E-state index contributed by atoms with van der Waals surface area (Å²) in [5.74, 6) is -1.65. The van der Waals surface area contributed by atoms with Crippen molar-refractivity contribution in [3.63, 3.8) is 0 Å². The van der Waals surface area contributed by atoms with E-state index in [0.29, 0.717) is 23.6 Å². The second-order valence-corrected chi connectivity index (χ2v) is 7.43. The van der Waals surface area contributed by atoms with Gasteiger partial charge in [-0.05, 0) is 60.5 Å². The van der Waals surface area contributed by atoms with Gasteiger partial charge in [0, 0.05) is 5.69 Å². The van der Waals surface area contributed by atoms with Crippen LogP contribution in [0.1, 0.15) is 24.1 Å². The van der Waals surface area contributed by atoms with Gasteiger partial charge in [-0.25, -0.2) is 4.39 Å². The lowest BCUT2D eigenvalue weighted by atomic mass is 9.95. The molecule has 0 aromatic heterocycles. The van der Waals surface area contributed by atoms with Crippen LogP contribution in [0.3, 0.4) is 0 Å². The van der Waals surface area contributed by atoms with Crippen LogP contribution in [-0.4, -0.2) is 23.4 Å². The molecular formula is C27H22FNO4. The Kier molecular flexibility index (Phi) is 6.36. The van der Waals surface area contributed by atoms with Crippen molar-refractivity contribution >= 4 is 23.5 Å². The number of hydrogen-bond acceptors (Lipinski definition) is 4. The third kappa shape index (κ3) is 4.55. The molecule has 0 unspecified atom stereocenters. The van der Waals surface area contributed by atoms with Crippen LogP contribution in [0.15, 0.2) is 96.3 Å². The highest BCUT2D eigenvalue weighted by atomic mass is 19.1. The molecule has 1 heterocycles. The number of nitrogens with zero attached hydrogens (tertiary/aromatic N) is 1. The molecule has 1 N–H and O–H groups in total. The molecule has 3 aromatic carbocycles. The Morgan fingerprint density at radius 3 is 2.33 bits per heavy atom. The fourth-order valence-corrected chi connectivity index (χ4v) is 3.78. The van der Waals surface area contributed by atoms with E-state index in [9.17, 15) is 19.1 Å². The van der Waals surface area contributed by atoms with Crippen molar-refractivity contribution in [2.75, 3.05) is 11.5 Å². The first-order valence-electron chi connectivity index (χ1n) is 10.5. The van der Waals surface area contributed by atoms with E-state index in [4.69, 9.17) is 4.74 Å². The average Bonchev–Trinajstić information content (AvgIpc) is 3.10. The number of anilines is 1. The number of carbonyl (C=O) groups excluding carboxylic acids is 2. The van der Waals surface area contributed by atoms with Crippen LogP contribution in [-0.2, 0) is 9.59 Å². The monoisotopic (exact) mass is 443 g/mol. The highest BCUT2D eigenvalue weighted by Gasteiger charge is 2.43. The van der Waals surface area contributed by atoms with Crippen molar-refractivity contribution in [3.05, 3.63) is 113 Å². The Balaban J connectivity index is 1.75. The minimum absolute atomic E-state index is 0.0623. The average molecular weight is 443 g/mol. The van der Waals surface area contributed by atoms with E-state index in [1.165, 1.54) is 35.2 Å². The first-order chi connectivity index (χ1) is 16.0. The number of aliphatic hydroxyl groups excluding tert-OH is 1. The minimum Gasteiger partial charge on any atom is -0.503 e. The van der Waals surface area contributed by atoms with Crippen molar-refractivity contribution < 1.29 is 23.8 Å². The van der Waals surface area contributed by atoms with Crippen molar-refractivity contribution in [1.29, 1.82) is 0 Å². The molecule has 0 aliphatic carbocycles. The Labute approximate surface area is 191 Å². The standard InChI is InChI=1S/C27H22FNO4/c1-2-33-22-15-13-21(14-16-22)29-25(19-9-11-20(28)12-10-19)24(26(31)27(29)32)23(30)17-8-18-6-4-3-5-7-18/h3-17,25,31H,2H2,1H3/b17-8+/t25-/m1/s1. The summed E-state index contributed by atoms with van der Waals surface area (Å²) in [6, 6.07) is 20.6. The lowest BCUT2D eigenvalue weighted by Gasteiger charge is -2.27. The molecule has 0 fully saturated rings. The van der Waals surface area contributed by atoms with Gasteiger partial charge in [0.15, 0.2) is 11.5 Å². The molecule has 33 heavy (non-hydrogen) atoms. The van der Waals surface area contributed by atoms with Crippen molar-refractivity contribution in [2.45, 2.75) is 13.0 Å². The van der Waals surface area contributed by atoms with E-state index in [1.54, 1.807) is 30.3 Å².